The molecule has 0 radical (unpaired) electrons. The van der Waals surface area contributed by atoms with Crippen molar-refractivity contribution in [3.8, 4) is 0 Å². The quantitative estimate of drug-likeness (QED) is 0.787. The van der Waals surface area contributed by atoms with Crippen LogP contribution in [0.5, 0.6) is 0 Å². The van der Waals surface area contributed by atoms with E-state index in [1.54, 1.807) is 11.8 Å². The van der Waals surface area contributed by atoms with Gasteiger partial charge in [-0.2, -0.15) is 8.78 Å². The summed E-state index contributed by atoms with van der Waals surface area (Å²) in [5.74, 6) is -2.72. The van der Waals surface area contributed by atoms with Crippen LogP contribution in [-0.4, -0.2) is 17.9 Å². The maximum Gasteiger partial charge on any atom is 0.288 e. The van der Waals surface area contributed by atoms with Gasteiger partial charge in [-0.3, -0.25) is 4.79 Å². The summed E-state index contributed by atoms with van der Waals surface area (Å²) >= 11 is 2.08. The molecule has 0 fully saturated rings. The number of carbonyl (C=O) groups excluding carboxylic acids is 1. The first-order chi connectivity index (χ1) is 10.1. The Balaban J connectivity index is 2.02. The number of anilines is 1. The van der Waals surface area contributed by atoms with Crippen molar-refractivity contribution in [2.75, 3.05) is 11.6 Å². The standard InChI is InChI=1S/C15H13F2NOS2/c1-20-12-8-4-11(5-9-12)18-14(19)10-2-6-13(7-3-10)21-15(16)17/h2-9,15H,1H3,(H,18,19). The van der Waals surface area contributed by atoms with E-state index >= 15 is 0 Å². The van der Waals surface area contributed by atoms with Gasteiger partial charge >= 0.3 is 0 Å². The number of carbonyl (C=O) groups is 1. The molecule has 0 aromatic heterocycles. The lowest BCUT2D eigenvalue weighted by Crippen LogP contribution is -2.11. The van der Waals surface area contributed by atoms with Gasteiger partial charge in [0, 0.05) is 21.0 Å². The van der Waals surface area contributed by atoms with Crippen LogP contribution in [0, 0.1) is 0 Å². The fourth-order valence-electron chi connectivity index (χ4n) is 1.67. The van der Waals surface area contributed by atoms with Crippen molar-refractivity contribution in [2.24, 2.45) is 0 Å². The second kappa shape index (κ2) is 7.47. The summed E-state index contributed by atoms with van der Waals surface area (Å²) in [5, 5.41) is 2.77. The number of alkyl halides is 2. The molecule has 0 heterocycles. The summed E-state index contributed by atoms with van der Waals surface area (Å²) in [6.07, 6.45) is 1.98. The second-order valence-electron chi connectivity index (χ2n) is 4.09. The number of hydrogen-bond donors (Lipinski definition) is 1. The zero-order valence-corrected chi connectivity index (χ0v) is 12.8. The van der Waals surface area contributed by atoms with Gasteiger partial charge in [0.1, 0.15) is 0 Å². The lowest BCUT2D eigenvalue weighted by atomic mass is 10.2. The molecule has 2 rings (SSSR count). The van der Waals surface area contributed by atoms with Crippen molar-refractivity contribution < 1.29 is 13.6 Å². The Hall–Kier alpha value is -1.53. The van der Waals surface area contributed by atoms with Gasteiger partial charge in [0.15, 0.2) is 0 Å². The van der Waals surface area contributed by atoms with Gasteiger partial charge in [0.05, 0.1) is 0 Å². The minimum absolute atomic E-state index is 0.263. The van der Waals surface area contributed by atoms with Crippen LogP contribution in [0.2, 0.25) is 0 Å². The van der Waals surface area contributed by atoms with E-state index in [0.29, 0.717) is 27.9 Å². The van der Waals surface area contributed by atoms with Gasteiger partial charge in [0.25, 0.3) is 11.7 Å². The molecule has 0 bridgehead atoms. The van der Waals surface area contributed by atoms with Gasteiger partial charge in [-0.25, -0.2) is 0 Å². The lowest BCUT2D eigenvalue weighted by Gasteiger charge is -2.07. The van der Waals surface area contributed by atoms with Crippen molar-refractivity contribution in [1.29, 1.82) is 0 Å². The van der Waals surface area contributed by atoms with Crippen molar-refractivity contribution in [3.05, 3.63) is 54.1 Å². The van der Waals surface area contributed by atoms with E-state index in [-0.39, 0.29) is 5.91 Å². The van der Waals surface area contributed by atoms with E-state index in [1.165, 1.54) is 24.3 Å². The Morgan fingerprint density at radius 1 is 1.00 bits per heavy atom. The van der Waals surface area contributed by atoms with E-state index in [4.69, 9.17) is 0 Å². The Morgan fingerprint density at radius 3 is 2.10 bits per heavy atom. The monoisotopic (exact) mass is 325 g/mol. The Bertz CT molecular complexity index is 600. The summed E-state index contributed by atoms with van der Waals surface area (Å²) in [6, 6.07) is 13.6. The fraction of sp³-hybridized carbons (Fsp3) is 0.133. The minimum atomic E-state index is -2.46. The summed E-state index contributed by atoms with van der Waals surface area (Å²) < 4.78 is 24.4. The SMILES string of the molecule is CSc1ccc(NC(=O)c2ccc(SC(F)F)cc2)cc1. The second-order valence-corrected chi connectivity index (χ2v) is 6.03. The molecule has 0 atom stereocenters. The highest BCUT2D eigenvalue weighted by Gasteiger charge is 2.08. The Kier molecular flexibility index (Phi) is 5.64. The largest absolute Gasteiger partial charge is 0.322 e. The molecule has 0 spiro atoms. The molecule has 2 aromatic carbocycles. The van der Waals surface area contributed by atoms with Crippen LogP contribution < -0.4 is 5.32 Å². The molecule has 1 N–H and O–H groups in total. The Morgan fingerprint density at radius 2 is 1.57 bits per heavy atom. The van der Waals surface area contributed by atoms with Gasteiger partial charge in [-0.15, -0.1) is 11.8 Å². The molecule has 0 aliphatic heterocycles. The topological polar surface area (TPSA) is 29.1 Å². The van der Waals surface area contributed by atoms with Crippen LogP contribution in [0.25, 0.3) is 0 Å². The predicted octanol–water partition coefficient (Wildman–Crippen LogP) is 4.98. The smallest absolute Gasteiger partial charge is 0.288 e. The van der Waals surface area contributed by atoms with Crippen LogP contribution in [0.15, 0.2) is 58.3 Å². The van der Waals surface area contributed by atoms with Gasteiger partial charge in [-0.05, 0) is 54.8 Å². The number of amides is 1. The van der Waals surface area contributed by atoms with Crippen molar-refractivity contribution in [3.63, 3.8) is 0 Å². The van der Waals surface area contributed by atoms with E-state index in [0.717, 1.165) is 4.90 Å². The number of halogens is 2. The molecule has 0 unspecified atom stereocenters. The minimum Gasteiger partial charge on any atom is -0.322 e. The summed E-state index contributed by atoms with van der Waals surface area (Å²) in [4.78, 5) is 13.6. The number of hydrogen-bond acceptors (Lipinski definition) is 3. The first-order valence-electron chi connectivity index (χ1n) is 6.09. The first-order valence-corrected chi connectivity index (χ1v) is 8.19. The summed E-state index contributed by atoms with van der Waals surface area (Å²) in [6.45, 7) is 0. The first kappa shape index (κ1) is 15.9. The molecule has 110 valence electrons. The Labute approximate surface area is 130 Å². The van der Waals surface area contributed by atoms with Crippen LogP contribution >= 0.6 is 23.5 Å². The third-order valence-electron chi connectivity index (χ3n) is 2.69. The van der Waals surface area contributed by atoms with Crippen LogP contribution in [0.3, 0.4) is 0 Å². The average Bonchev–Trinajstić information content (AvgIpc) is 2.48. The van der Waals surface area contributed by atoms with Crippen LogP contribution in [0.1, 0.15) is 10.4 Å². The molecule has 1 amide bonds. The highest BCUT2D eigenvalue weighted by atomic mass is 32.2. The number of benzene rings is 2. The van der Waals surface area contributed by atoms with Crippen molar-refractivity contribution in [2.45, 2.75) is 15.5 Å². The van der Waals surface area contributed by atoms with E-state index in [9.17, 15) is 13.6 Å². The van der Waals surface area contributed by atoms with E-state index in [1.807, 2.05) is 30.5 Å². The highest BCUT2D eigenvalue weighted by Crippen LogP contribution is 2.25. The molecule has 0 saturated carbocycles. The maximum absolute atomic E-state index is 12.2. The summed E-state index contributed by atoms with van der Waals surface area (Å²) in [5.41, 5.74) is 1.13. The van der Waals surface area contributed by atoms with E-state index in [2.05, 4.69) is 5.32 Å². The maximum atomic E-state index is 12.2. The third kappa shape index (κ3) is 4.75. The lowest BCUT2D eigenvalue weighted by molar-refractivity contribution is 0.102. The van der Waals surface area contributed by atoms with Crippen LogP contribution in [-0.2, 0) is 0 Å². The molecule has 0 aliphatic carbocycles. The van der Waals surface area contributed by atoms with Crippen molar-refractivity contribution >= 4 is 35.1 Å². The van der Waals surface area contributed by atoms with E-state index < -0.39 is 5.76 Å². The molecule has 0 saturated heterocycles. The number of thioether (sulfide) groups is 2. The molecular weight excluding hydrogens is 312 g/mol. The zero-order chi connectivity index (χ0) is 15.2. The number of nitrogens with one attached hydrogen (secondary N) is 1. The molecule has 0 aliphatic rings. The molecule has 21 heavy (non-hydrogen) atoms. The zero-order valence-electron chi connectivity index (χ0n) is 11.2. The third-order valence-corrected chi connectivity index (χ3v) is 4.16. The van der Waals surface area contributed by atoms with Gasteiger partial charge in [0.2, 0.25) is 0 Å². The summed E-state index contributed by atoms with van der Waals surface area (Å²) in [7, 11) is 0. The number of rotatable bonds is 5. The highest BCUT2D eigenvalue weighted by molar-refractivity contribution is 7.99. The van der Waals surface area contributed by atoms with Gasteiger partial charge in [-0.1, -0.05) is 11.8 Å². The normalized spacial score (nSPS) is 10.7. The molecule has 6 heteroatoms. The molecular formula is C15H13F2NOS2. The molecule has 2 aromatic rings. The van der Waals surface area contributed by atoms with Gasteiger partial charge < -0.3 is 5.32 Å². The van der Waals surface area contributed by atoms with Crippen LogP contribution in [0.4, 0.5) is 14.5 Å². The predicted molar refractivity (Wildman–Crippen MR) is 84.5 cm³/mol. The molecule has 2 nitrogen and oxygen atoms in total. The fourth-order valence-corrected chi connectivity index (χ4v) is 2.57. The average molecular weight is 325 g/mol. The van der Waals surface area contributed by atoms with Crippen molar-refractivity contribution in [1.82, 2.24) is 0 Å².